The summed E-state index contributed by atoms with van der Waals surface area (Å²) < 4.78 is 10.8. The molecule has 1 aliphatic heterocycles. The molecule has 1 saturated heterocycles. The van der Waals surface area contributed by atoms with Crippen LogP contribution in [0.5, 0.6) is 0 Å². The highest BCUT2D eigenvalue weighted by Gasteiger charge is 2.46. The van der Waals surface area contributed by atoms with Crippen LogP contribution in [-0.2, 0) is 9.47 Å². The molecule has 0 bridgehead atoms. The average Bonchev–Trinajstić information content (AvgIpc) is 2.52. The van der Waals surface area contributed by atoms with Gasteiger partial charge in [0, 0.05) is 0 Å². The van der Waals surface area contributed by atoms with Crippen molar-refractivity contribution in [1.82, 2.24) is 0 Å². The van der Waals surface area contributed by atoms with Gasteiger partial charge in [0.1, 0.15) is 24.4 Å². The molecule has 0 saturated carbocycles. The van der Waals surface area contributed by atoms with Crippen molar-refractivity contribution in [2.24, 2.45) is 0 Å². The molecule has 0 radical (unpaired) electrons. The Balaban J connectivity index is 2.78. The van der Waals surface area contributed by atoms with Crippen LogP contribution in [-0.4, -0.2) is 52.1 Å². The molecule has 0 aromatic carbocycles. The fraction of sp³-hybridized carbons (Fsp3) is 0.800. The van der Waals surface area contributed by atoms with Crippen LogP contribution in [0.1, 0.15) is 13.8 Å². The predicted octanol–water partition coefficient (Wildman–Crippen LogP) is -0.593. The fourth-order valence-corrected chi connectivity index (χ4v) is 1.62. The van der Waals surface area contributed by atoms with E-state index in [1.54, 1.807) is 13.8 Å². The molecule has 5 heteroatoms. The minimum absolute atomic E-state index is 0.440. The third-order valence-corrected chi connectivity index (χ3v) is 2.31. The summed E-state index contributed by atoms with van der Waals surface area (Å²) in [7, 11) is 0. The first kappa shape index (κ1) is 12.6. The van der Waals surface area contributed by atoms with Crippen LogP contribution in [0.15, 0.2) is 12.7 Å². The van der Waals surface area contributed by atoms with Gasteiger partial charge in [-0.1, -0.05) is 6.08 Å². The summed E-state index contributed by atoms with van der Waals surface area (Å²) in [6, 6.07) is 0. The molecule has 2 unspecified atom stereocenters. The third kappa shape index (κ3) is 2.76. The highest BCUT2D eigenvalue weighted by molar-refractivity contribution is 4.96. The molecular weight excluding hydrogens is 200 g/mol. The predicted molar refractivity (Wildman–Crippen MR) is 53.1 cm³/mol. The van der Waals surface area contributed by atoms with Gasteiger partial charge in [-0.05, 0) is 13.8 Å². The molecule has 1 aliphatic rings. The molecule has 5 nitrogen and oxygen atoms in total. The molecule has 0 aliphatic carbocycles. The summed E-state index contributed by atoms with van der Waals surface area (Å²) in [5.41, 5.74) is 0. The molecule has 1 fully saturated rings. The third-order valence-electron chi connectivity index (χ3n) is 2.31. The number of rotatable bonds is 4. The summed E-state index contributed by atoms with van der Waals surface area (Å²) in [6.07, 6.45) is -2.16. The molecule has 0 amide bonds. The van der Waals surface area contributed by atoms with E-state index in [0.717, 1.165) is 0 Å². The largest absolute Gasteiger partial charge is 0.394 e. The zero-order valence-corrected chi connectivity index (χ0v) is 8.96. The topological polar surface area (TPSA) is 79.2 Å². The first-order chi connectivity index (χ1) is 6.91. The van der Waals surface area contributed by atoms with Gasteiger partial charge in [0.15, 0.2) is 5.79 Å². The standard InChI is InChI=1S/C10H18O5/c1-4-6(12)8-9(7(13)5-11)15-10(2,3)14-8/h4,6-9,11-13H,1,5H2,2-3H3/t6-,7-,8?,9?/m1/s1. The number of hydrogen-bond acceptors (Lipinski definition) is 5. The van der Waals surface area contributed by atoms with Crippen molar-refractivity contribution < 1.29 is 24.8 Å². The van der Waals surface area contributed by atoms with Gasteiger partial charge < -0.3 is 24.8 Å². The normalized spacial score (nSPS) is 33.7. The minimum atomic E-state index is -1.08. The lowest BCUT2D eigenvalue weighted by atomic mass is 10.0. The van der Waals surface area contributed by atoms with Gasteiger partial charge in [-0.25, -0.2) is 0 Å². The lowest BCUT2D eigenvalue weighted by molar-refractivity contribution is -0.160. The van der Waals surface area contributed by atoms with Crippen LogP contribution in [0.2, 0.25) is 0 Å². The van der Waals surface area contributed by atoms with Gasteiger partial charge in [0.2, 0.25) is 0 Å². The number of aliphatic hydroxyl groups is 3. The molecule has 1 rings (SSSR count). The average molecular weight is 218 g/mol. The van der Waals surface area contributed by atoms with Gasteiger partial charge in [0.25, 0.3) is 0 Å². The maximum atomic E-state index is 9.59. The van der Waals surface area contributed by atoms with E-state index in [1.807, 2.05) is 0 Å². The molecule has 0 aromatic rings. The van der Waals surface area contributed by atoms with Crippen LogP contribution >= 0.6 is 0 Å². The van der Waals surface area contributed by atoms with Crippen LogP contribution in [0.3, 0.4) is 0 Å². The smallest absolute Gasteiger partial charge is 0.164 e. The first-order valence-electron chi connectivity index (χ1n) is 4.86. The van der Waals surface area contributed by atoms with Crippen molar-refractivity contribution in [2.75, 3.05) is 6.61 Å². The van der Waals surface area contributed by atoms with Gasteiger partial charge in [-0.3, -0.25) is 0 Å². The van der Waals surface area contributed by atoms with Crippen molar-refractivity contribution in [1.29, 1.82) is 0 Å². The van der Waals surface area contributed by atoms with E-state index in [1.165, 1.54) is 6.08 Å². The SMILES string of the molecule is C=C[C@@H](O)C1OC(C)(C)OC1[C@H](O)CO. The summed E-state index contributed by atoms with van der Waals surface area (Å²) in [5.74, 6) is -0.879. The Morgan fingerprint density at radius 2 is 1.87 bits per heavy atom. The molecule has 4 atom stereocenters. The Morgan fingerprint density at radius 3 is 2.33 bits per heavy atom. The summed E-state index contributed by atoms with van der Waals surface area (Å²) in [4.78, 5) is 0. The Hall–Kier alpha value is -0.460. The maximum Gasteiger partial charge on any atom is 0.164 e. The molecule has 3 N–H and O–H groups in total. The van der Waals surface area contributed by atoms with E-state index in [4.69, 9.17) is 14.6 Å². The van der Waals surface area contributed by atoms with Crippen molar-refractivity contribution >= 4 is 0 Å². The highest BCUT2D eigenvalue weighted by Crippen LogP contribution is 2.31. The fourth-order valence-electron chi connectivity index (χ4n) is 1.62. The second kappa shape index (κ2) is 4.59. The van der Waals surface area contributed by atoms with E-state index < -0.39 is 36.8 Å². The van der Waals surface area contributed by atoms with Crippen molar-refractivity contribution in [3.05, 3.63) is 12.7 Å². The molecule has 1 heterocycles. The van der Waals surface area contributed by atoms with Crippen molar-refractivity contribution in [2.45, 2.75) is 44.1 Å². The minimum Gasteiger partial charge on any atom is -0.394 e. The van der Waals surface area contributed by atoms with E-state index in [0.29, 0.717) is 0 Å². The number of ether oxygens (including phenoxy) is 2. The van der Waals surface area contributed by atoms with Gasteiger partial charge in [0.05, 0.1) is 6.61 Å². The number of hydrogen-bond donors (Lipinski definition) is 3. The maximum absolute atomic E-state index is 9.59. The summed E-state index contributed by atoms with van der Waals surface area (Å²) in [5, 5.41) is 27.9. The van der Waals surface area contributed by atoms with Crippen molar-refractivity contribution in [3.63, 3.8) is 0 Å². The molecule has 0 aromatic heterocycles. The summed E-state index contributed by atoms with van der Waals surface area (Å²) >= 11 is 0. The monoisotopic (exact) mass is 218 g/mol. The van der Waals surface area contributed by atoms with Crippen LogP contribution in [0.25, 0.3) is 0 Å². The van der Waals surface area contributed by atoms with Gasteiger partial charge >= 0.3 is 0 Å². The van der Waals surface area contributed by atoms with Gasteiger partial charge in [-0.2, -0.15) is 0 Å². The molecule has 0 spiro atoms. The second-order valence-corrected chi connectivity index (χ2v) is 4.04. The van der Waals surface area contributed by atoms with E-state index in [2.05, 4.69) is 6.58 Å². The molecule has 15 heavy (non-hydrogen) atoms. The zero-order valence-electron chi connectivity index (χ0n) is 8.96. The molecule has 88 valence electrons. The quantitative estimate of drug-likeness (QED) is 0.549. The highest BCUT2D eigenvalue weighted by atomic mass is 16.8. The van der Waals surface area contributed by atoms with Gasteiger partial charge in [-0.15, -0.1) is 6.58 Å². The Labute approximate surface area is 88.9 Å². The second-order valence-electron chi connectivity index (χ2n) is 4.04. The summed E-state index contributed by atoms with van der Waals surface area (Å²) in [6.45, 7) is 6.36. The van der Waals surface area contributed by atoms with E-state index in [9.17, 15) is 10.2 Å². The first-order valence-corrected chi connectivity index (χ1v) is 4.86. The van der Waals surface area contributed by atoms with E-state index >= 15 is 0 Å². The number of aliphatic hydroxyl groups excluding tert-OH is 3. The molecular formula is C10H18O5. The van der Waals surface area contributed by atoms with Crippen LogP contribution < -0.4 is 0 Å². The van der Waals surface area contributed by atoms with Crippen LogP contribution in [0.4, 0.5) is 0 Å². The van der Waals surface area contributed by atoms with E-state index in [-0.39, 0.29) is 0 Å². The Morgan fingerprint density at radius 1 is 1.33 bits per heavy atom. The Bertz CT molecular complexity index is 228. The zero-order chi connectivity index (χ0) is 11.6. The lowest BCUT2D eigenvalue weighted by Crippen LogP contribution is -2.43. The Kier molecular flexibility index (Phi) is 3.86. The van der Waals surface area contributed by atoms with Crippen molar-refractivity contribution in [3.8, 4) is 0 Å². The van der Waals surface area contributed by atoms with Crippen LogP contribution in [0, 0.1) is 0 Å². The lowest BCUT2D eigenvalue weighted by Gasteiger charge is -2.22.